The second kappa shape index (κ2) is 4.67. The molecule has 7 heteroatoms. The van der Waals surface area contributed by atoms with E-state index in [1.54, 1.807) is 0 Å². The third kappa shape index (κ3) is 2.31. The predicted molar refractivity (Wildman–Crippen MR) is 58.6 cm³/mol. The van der Waals surface area contributed by atoms with Gasteiger partial charge in [0.05, 0.1) is 17.8 Å². The first-order valence-electron chi connectivity index (χ1n) is 5.04. The first-order valence-corrected chi connectivity index (χ1v) is 6.10. The van der Waals surface area contributed by atoms with Crippen molar-refractivity contribution in [1.82, 2.24) is 0 Å². The molecule has 94 valence electrons. The van der Waals surface area contributed by atoms with E-state index >= 15 is 0 Å². The van der Waals surface area contributed by atoms with Gasteiger partial charge in [0.1, 0.15) is 0 Å². The van der Waals surface area contributed by atoms with Gasteiger partial charge in [-0.1, -0.05) is 0 Å². The van der Waals surface area contributed by atoms with E-state index < -0.39 is 35.0 Å². The molecule has 2 rings (SSSR count). The highest BCUT2D eigenvalue weighted by atomic mass is 32.2. The van der Waals surface area contributed by atoms with E-state index in [2.05, 4.69) is 0 Å². The third-order valence-electron chi connectivity index (χ3n) is 2.83. The van der Waals surface area contributed by atoms with Gasteiger partial charge in [-0.25, -0.2) is 13.0 Å². The maximum absolute atomic E-state index is 13.0. The van der Waals surface area contributed by atoms with Crippen LogP contribution >= 0.6 is 0 Å². The number of hydrogen-bond acceptors (Lipinski definition) is 2. The van der Waals surface area contributed by atoms with Crippen LogP contribution in [0.3, 0.4) is 0 Å². The summed E-state index contributed by atoms with van der Waals surface area (Å²) in [6.45, 7) is 0. The molecule has 0 spiro atoms. The number of anilines is 1. The van der Waals surface area contributed by atoms with Crippen LogP contribution in [-0.2, 0) is 11.3 Å². The number of hydrogen-bond donors (Lipinski definition) is 2. The highest BCUT2D eigenvalue weighted by molar-refractivity contribution is 7.80. The Bertz CT molecular complexity index is 457. The summed E-state index contributed by atoms with van der Waals surface area (Å²) in [6.07, 6.45) is 0.341. The fourth-order valence-corrected chi connectivity index (χ4v) is 2.53. The van der Waals surface area contributed by atoms with Crippen LogP contribution in [-0.4, -0.2) is 26.0 Å². The van der Waals surface area contributed by atoms with Crippen LogP contribution in [0.15, 0.2) is 18.2 Å². The summed E-state index contributed by atoms with van der Waals surface area (Å²) in [4.78, 5) is 0. The highest BCUT2D eigenvalue weighted by Crippen LogP contribution is 2.31. The van der Waals surface area contributed by atoms with Gasteiger partial charge in [-0.3, -0.25) is 8.86 Å². The van der Waals surface area contributed by atoms with E-state index in [1.807, 2.05) is 0 Å². The minimum Gasteiger partial charge on any atom is -0.391 e. The van der Waals surface area contributed by atoms with Crippen LogP contribution in [0.2, 0.25) is 0 Å². The minimum atomic E-state index is -2.38. The topological polar surface area (TPSA) is 60.8 Å². The third-order valence-corrected chi connectivity index (χ3v) is 3.65. The summed E-state index contributed by atoms with van der Waals surface area (Å²) in [5.74, 6) is -2.11. The molecule has 0 amide bonds. The zero-order valence-electron chi connectivity index (χ0n) is 8.72. The molecule has 4 nitrogen and oxygen atoms in total. The minimum absolute atomic E-state index is 0.0773. The maximum atomic E-state index is 13.0. The molecule has 0 heterocycles. The van der Waals surface area contributed by atoms with Gasteiger partial charge in [-0.2, -0.15) is 0 Å². The SMILES string of the molecule is O=S(O)N(c1ccc(F)c(F)c1)C1CCC1O. The van der Waals surface area contributed by atoms with Gasteiger partial charge in [-0.15, -0.1) is 0 Å². The lowest BCUT2D eigenvalue weighted by Crippen LogP contribution is -2.51. The van der Waals surface area contributed by atoms with Crippen LogP contribution in [0.1, 0.15) is 12.8 Å². The van der Waals surface area contributed by atoms with Crippen molar-refractivity contribution >= 4 is 17.0 Å². The van der Waals surface area contributed by atoms with Crippen molar-refractivity contribution in [3.05, 3.63) is 29.8 Å². The Hall–Kier alpha value is -1.05. The molecule has 0 aromatic heterocycles. The lowest BCUT2D eigenvalue weighted by Gasteiger charge is -2.40. The van der Waals surface area contributed by atoms with Crippen molar-refractivity contribution in [1.29, 1.82) is 0 Å². The molecule has 17 heavy (non-hydrogen) atoms. The van der Waals surface area contributed by atoms with E-state index in [0.717, 1.165) is 16.4 Å². The Balaban J connectivity index is 2.32. The molecule has 1 aliphatic rings. The van der Waals surface area contributed by atoms with Crippen molar-refractivity contribution in [2.24, 2.45) is 0 Å². The highest BCUT2D eigenvalue weighted by Gasteiger charge is 2.37. The Morgan fingerprint density at radius 1 is 1.29 bits per heavy atom. The zero-order valence-corrected chi connectivity index (χ0v) is 9.53. The first kappa shape index (κ1) is 12.4. The van der Waals surface area contributed by atoms with Crippen molar-refractivity contribution in [3.63, 3.8) is 0 Å². The monoisotopic (exact) mass is 263 g/mol. The largest absolute Gasteiger partial charge is 0.391 e. The van der Waals surface area contributed by atoms with Gasteiger partial charge in [0.15, 0.2) is 11.6 Å². The normalized spacial score (nSPS) is 25.2. The van der Waals surface area contributed by atoms with Gasteiger partial charge in [0.2, 0.25) is 0 Å². The summed E-state index contributed by atoms with van der Waals surface area (Å²) in [7, 11) is 0. The molecule has 1 aromatic rings. The van der Waals surface area contributed by atoms with Crippen molar-refractivity contribution < 1.29 is 22.6 Å². The van der Waals surface area contributed by atoms with Gasteiger partial charge in [-0.05, 0) is 25.0 Å². The smallest absolute Gasteiger partial charge is 0.262 e. The van der Waals surface area contributed by atoms with Crippen LogP contribution in [0.5, 0.6) is 0 Å². The summed E-state index contributed by atoms with van der Waals surface area (Å²) >= 11 is -2.38. The number of aliphatic hydroxyl groups is 1. The van der Waals surface area contributed by atoms with Gasteiger partial charge in [0.25, 0.3) is 11.3 Å². The number of benzene rings is 1. The van der Waals surface area contributed by atoms with E-state index in [1.165, 1.54) is 6.07 Å². The summed E-state index contributed by atoms with van der Waals surface area (Å²) in [6, 6.07) is 2.40. The lowest BCUT2D eigenvalue weighted by molar-refractivity contribution is 0.0713. The molecular formula is C10H11F2NO3S. The van der Waals surface area contributed by atoms with E-state index in [-0.39, 0.29) is 5.69 Å². The molecule has 1 aromatic carbocycles. The number of halogens is 2. The molecule has 3 atom stereocenters. The Kier molecular flexibility index (Phi) is 3.41. The van der Waals surface area contributed by atoms with Crippen LogP contribution in [0.25, 0.3) is 0 Å². The molecule has 0 aliphatic heterocycles. The quantitative estimate of drug-likeness (QED) is 0.811. The lowest BCUT2D eigenvalue weighted by atomic mass is 9.89. The second-order valence-electron chi connectivity index (χ2n) is 3.87. The summed E-state index contributed by atoms with van der Waals surface area (Å²) < 4.78 is 47.1. The molecule has 3 unspecified atom stereocenters. The van der Waals surface area contributed by atoms with Crippen LogP contribution in [0, 0.1) is 11.6 Å². The Morgan fingerprint density at radius 3 is 2.41 bits per heavy atom. The second-order valence-corrected chi connectivity index (χ2v) is 4.72. The first-order chi connectivity index (χ1) is 8.00. The Morgan fingerprint density at radius 2 is 2.00 bits per heavy atom. The van der Waals surface area contributed by atoms with E-state index in [4.69, 9.17) is 4.55 Å². The predicted octanol–water partition coefficient (Wildman–Crippen LogP) is 1.43. The van der Waals surface area contributed by atoms with Crippen LogP contribution in [0.4, 0.5) is 14.5 Å². The molecule has 0 saturated heterocycles. The Labute approximate surface area is 99.3 Å². The van der Waals surface area contributed by atoms with Gasteiger partial charge < -0.3 is 5.11 Å². The van der Waals surface area contributed by atoms with Crippen molar-refractivity contribution in [2.75, 3.05) is 4.31 Å². The summed E-state index contributed by atoms with van der Waals surface area (Å²) in [5, 5.41) is 9.46. The molecular weight excluding hydrogens is 252 g/mol. The fraction of sp³-hybridized carbons (Fsp3) is 0.400. The average Bonchev–Trinajstić information content (AvgIpc) is 2.27. The molecule has 2 N–H and O–H groups in total. The summed E-state index contributed by atoms with van der Waals surface area (Å²) in [5.41, 5.74) is 0.0773. The number of aliphatic hydroxyl groups excluding tert-OH is 1. The maximum Gasteiger partial charge on any atom is 0.262 e. The van der Waals surface area contributed by atoms with Gasteiger partial charge in [0, 0.05) is 6.07 Å². The molecule has 1 saturated carbocycles. The molecule has 1 aliphatic carbocycles. The van der Waals surface area contributed by atoms with E-state index in [9.17, 15) is 18.1 Å². The van der Waals surface area contributed by atoms with Crippen LogP contribution < -0.4 is 4.31 Å². The fourth-order valence-electron chi connectivity index (χ4n) is 1.76. The molecule has 1 fully saturated rings. The zero-order chi connectivity index (χ0) is 12.6. The number of rotatable bonds is 3. The average molecular weight is 263 g/mol. The molecule has 0 bridgehead atoms. The van der Waals surface area contributed by atoms with E-state index in [0.29, 0.717) is 12.8 Å². The molecule has 0 radical (unpaired) electrons. The van der Waals surface area contributed by atoms with Crippen molar-refractivity contribution in [3.8, 4) is 0 Å². The standard InChI is InChI=1S/C10H11F2NO3S/c11-7-2-1-6(5-8(7)12)13(17(15)16)9-3-4-10(9)14/h1-2,5,9-10,14H,3-4H2,(H,15,16). The van der Waals surface area contributed by atoms with Crippen molar-refractivity contribution in [2.45, 2.75) is 25.0 Å². The van der Waals surface area contributed by atoms with Gasteiger partial charge >= 0.3 is 0 Å². The number of nitrogens with zero attached hydrogens (tertiary/aromatic N) is 1.